The summed E-state index contributed by atoms with van der Waals surface area (Å²) in [5.74, 6) is 2.72. The summed E-state index contributed by atoms with van der Waals surface area (Å²) in [6.07, 6.45) is 8.00. The van der Waals surface area contributed by atoms with Crippen LogP contribution >= 0.6 is 0 Å². The normalized spacial score (nSPS) is 14.9. The van der Waals surface area contributed by atoms with Gasteiger partial charge in [0, 0.05) is 32.1 Å². The van der Waals surface area contributed by atoms with Crippen molar-refractivity contribution in [3.63, 3.8) is 0 Å². The van der Waals surface area contributed by atoms with E-state index in [2.05, 4.69) is 58.9 Å². The van der Waals surface area contributed by atoms with E-state index in [0.29, 0.717) is 12.6 Å². The number of nitrogens with one attached hydrogen (secondary N) is 2. The number of hydrogen-bond acceptors (Lipinski definition) is 4. The lowest BCUT2D eigenvalue weighted by Gasteiger charge is -2.14. The molecular weight excluding hydrogens is 364 g/mol. The van der Waals surface area contributed by atoms with Crippen molar-refractivity contribution in [2.24, 2.45) is 4.99 Å². The van der Waals surface area contributed by atoms with E-state index in [1.165, 1.54) is 31.2 Å². The monoisotopic (exact) mass is 398 g/mol. The van der Waals surface area contributed by atoms with Crippen LogP contribution in [0.2, 0.25) is 0 Å². The van der Waals surface area contributed by atoms with Gasteiger partial charge in [-0.1, -0.05) is 31.1 Å². The minimum atomic E-state index is 0.406. The molecule has 0 spiro atoms. The fourth-order valence-electron chi connectivity index (χ4n) is 3.79. The third-order valence-electron chi connectivity index (χ3n) is 5.50. The summed E-state index contributed by atoms with van der Waals surface area (Å²) < 4.78 is 11.5. The van der Waals surface area contributed by atoms with E-state index in [0.717, 1.165) is 54.5 Å². The summed E-state index contributed by atoms with van der Waals surface area (Å²) >= 11 is 0. The second-order valence-corrected chi connectivity index (χ2v) is 7.51. The highest BCUT2D eigenvalue weighted by Crippen LogP contribution is 2.24. The average molecular weight is 399 g/mol. The molecule has 29 heavy (non-hydrogen) atoms. The Balaban J connectivity index is 1.43. The molecule has 158 valence electrons. The van der Waals surface area contributed by atoms with Crippen molar-refractivity contribution < 1.29 is 9.26 Å². The van der Waals surface area contributed by atoms with Crippen molar-refractivity contribution in [3.8, 4) is 5.75 Å². The Kier molecular flexibility index (Phi) is 7.96. The largest absolute Gasteiger partial charge is 0.490 e. The van der Waals surface area contributed by atoms with Gasteiger partial charge in [0.05, 0.1) is 11.8 Å². The molecule has 0 bridgehead atoms. The summed E-state index contributed by atoms with van der Waals surface area (Å²) in [5.41, 5.74) is 3.45. The molecule has 1 aromatic carbocycles. The number of rotatable bonds is 9. The first kappa shape index (κ1) is 21.2. The molecular formula is C23H34N4O2. The van der Waals surface area contributed by atoms with E-state index in [4.69, 9.17) is 9.26 Å². The van der Waals surface area contributed by atoms with Crippen molar-refractivity contribution in [2.45, 2.75) is 71.4 Å². The predicted molar refractivity (Wildman–Crippen MR) is 116 cm³/mol. The minimum absolute atomic E-state index is 0.406. The number of benzene rings is 1. The number of aliphatic imine (C=N–C) groups is 1. The Morgan fingerprint density at radius 3 is 2.55 bits per heavy atom. The van der Waals surface area contributed by atoms with Crippen LogP contribution in [-0.2, 0) is 25.8 Å². The van der Waals surface area contributed by atoms with E-state index in [-0.39, 0.29) is 0 Å². The fourth-order valence-corrected chi connectivity index (χ4v) is 3.79. The second-order valence-electron chi connectivity index (χ2n) is 7.51. The van der Waals surface area contributed by atoms with Gasteiger partial charge in [-0.25, -0.2) is 0 Å². The van der Waals surface area contributed by atoms with Crippen molar-refractivity contribution in [1.29, 1.82) is 0 Å². The molecule has 0 radical (unpaired) electrons. The van der Waals surface area contributed by atoms with Crippen LogP contribution in [0.5, 0.6) is 5.75 Å². The van der Waals surface area contributed by atoms with Gasteiger partial charge in [0.1, 0.15) is 11.5 Å². The number of ether oxygens (including phenoxy) is 1. The molecule has 6 nitrogen and oxygen atoms in total. The number of aromatic nitrogens is 1. The molecule has 3 rings (SSSR count). The van der Waals surface area contributed by atoms with Crippen molar-refractivity contribution in [2.75, 3.05) is 13.6 Å². The van der Waals surface area contributed by atoms with Crippen LogP contribution < -0.4 is 15.4 Å². The molecule has 2 aromatic rings. The first-order valence-electron chi connectivity index (χ1n) is 10.9. The van der Waals surface area contributed by atoms with Crippen LogP contribution in [0, 0.1) is 0 Å². The first-order valence-corrected chi connectivity index (χ1v) is 10.9. The van der Waals surface area contributed by atoms with Crippen LogP contribution in [0.1, 0.15) is 62.1 Å². The number of aryl methyl sites for hydroxylation is 2. The molecule has 1 aromatic heterocycles. The standard InChI is InChI=1S/C23H34N4O2/c1-4-21-20(22(5-2)29-27-21)16-26-23(24-3)25-15-14-17-10-12-19(13-11-17)28-18-8-6-7-9-18/h10-13,18H,4-9,14-16H2,1-3H3,(H2,24,25,26). The zero-order chi connectivity index (χ0) is 20.5. The van der Waals surface area contributed by atoms with Gasteiger partial charge >= 0.3 is 0 Å². The third kappa shape index (κ3) is 5.99. The number of hydrogen-bond donors (Lipinski definition) is 2. The van der Waals surface area contributed by atoms with E-state index in [9.17, 15) is 0 Å². The highest BCUT2D eigenvalue weighted by Gasteiger charge is 2.16. The zero-order valence-electron chi connectivity index (χ0n) is 18.0. The van der Waals surface area contributed by atoms with Crippen LogP contribution in [0.15, 0.2) is 33.8 Å². The summed E-state index contributed by atoms with van der Waals surface area (Å²) in [7, 11) is 1.79. The van der Waals surface area contributed by atoms with Crippen LogP contribution in [0.25, 0.3) is 0 Å². The lowest BCUT2D eigenvalue weighted by molar-refractivity contribution is 0.210. The fraction of sp³-hybridized carbons (Fsp3) is 0.565. The molecule has 1 heterocycles. The molecule has 0 unspecified atom stereocenters. The minimum Gasteiger partial charge on any atom is -0.490 e. The van der Waals surface area contributed by atoms with Gasteiger partial charge < -0.3 is 19.9 Å². The van der Waals surface area contributed by atoms with Crippen LogP contribution in [0.4, 0.5) is 0 Å². The lowest BCUT2D eigenvalue weighted by Crippen LogP contribution is -2.38. The van der Waals surface area contributed by atoms with E-state index in [1.54, 1.807) is 7.05 Å². The highest BCUT2D eigenvalue weighted by molar-refractivity contribution is 5.79. The van der Waals surface area contributed by atoms with E-state index >= 15 is 0 Å². The van der Waals surface area contributed by atoms with E-state index in [1.807, 2.05) is 0 Å². The van der Waals surface area contributed by atoms with Crippen LogP contribution in [-0.4, -0.2) is 30.8 Å². The molecule has 0 saturated heterocycles. The van der Waals surface area contributed by atoms with Crippen LogP contribution in [0.3, 0.4) is 0 Å². The van der Waals surface area contributed by atoms with Gasteiger partial charge in [0.15, 0.2) is 5.96 Å². The highest BCUT2D eigenvalue weighted by atomic mass is 16.5. The second kappa shape index (κ2) is 10.9. The molecule has 1 saturated carbocycles. The molecule has 1 fully saturated rings. The summed E-state index contributed by atoms with van der Waals surface area (Å²) in [6.45, 7) is 5.66. The smallest absolute Gasteiger partial charge is 0.191 e. The van der Waals surface area contributed by atoms with E-state index < -0.39 is 0 Å². The van der Waals surface area contributed by atoms with Gasteiger partial charge in [0.2, 0.25) is 0 Å². The topological polar surface area (TPSA) is 71.7 Å². The molecule has 1 aliphatic carbocycles. The predicted octanol–water partition coefficient (Wildman–Crippen LogP) is 4.03. The Hall–Kier alpha value is -2.50. The molecule has 0 aliphatic heterocycles. The maximum absolute atomic E-state index is 6.04. The SMILES string of the molecule is CCc1noc(CC)c1CNC(=NC)NCCc1ccc(OC2CCCC2)cc1. The molecule has 0 atom stereocenters. The maximum Gasteiger partial charge on any atom is 0.191 e. The number of nitrogens with zero attached hydrogens (tertiary/aromatic N) is 2. The summed E-state index contributed by atoms with van der Waals surface area (Å²) in [4.78, 5) is 4.32. The summed E-state index contributed by atoms with van der Waals surface area (Å²) in [5, 5.41) is 10.9. The van der Waals surface area contributed by atoms with Crippen molar-refractivity contribution >= 4 is 5.96 Å². The van der Waals surface area contributed by atoms with Gasteiger partial charge in [-0.3, -0.25) is 4.99 Å². The Morgan fingerprint density at radius 1 is 1.14 bits per heavy atom. The summed E-state index contributed by atoms with van der Waals surface area (Å²) in [6, 6.07) is 8.48. The lowest BCUT2D eigenvalue weighted by atomic mass is 10.1. The van der Waals surface area contributed by atoms with Gasteiger partial charge in [-0.2, -0.15) is 0 Å². The van der Waals surface area contributed by atoms with Gasteiger partial charge in [0.25, 0.3) is 0 Å². The third-order valence-corrected chi connectivity index (χ3v) is 5.50. The Morgan fingerprint density at radius 2 is 1.90 bits per heavy atom. The molecule has 1 aliphatic rings. The van der Waals surface area contributed by atoms with Gasteiger partial charge in [-0.15, -0.1) is 0 Å². The average Bonchev–Trinajstić information content (AvgIpc) is 3.40. The van der Waals surface area contributed by atoms with Gasteiger partial charge in [-0.05, 0) is 56.2 Å². The van der Waals surface area contributed by atoms with Crippen molar-refractivity contribution in [3.05, 3.63) is 46.8 Å². The Bertz CT molecular complexity index is 755. The maximum atomic E-state index is 6.04. The quantitative estimate of drug-likeness (QED) is 0.493. The molecule has 6 heteroatoms. The first-order chi connectivity index (χ1) is 14.2. The zero-order valence-corrected chi connectivity index (χ0v) is 18.0. The molecule has 2 N–H and O–H groups in total. The van der Waals surface area contributed by atoms with Crippen molar-refractivity contribution in [1.82, 2.24) is 15.8 Å². The Labute approximate surface area is 174 Å². The molecule has 0 amide bonds. The number of guanidine groups is 1.